The zero-order valence-corrected chi connectivity index (χ0v) is 17.5. The van der Waals surface area contributed by atoms with Crippen molar-refractivity contribution in [3.05, 3.63) is 58.0 Å². The summed E-state index contributed by atoms with van der Waals surface area (Å²) in [6, 6.07) is 12.5. The molecule has 0 spiro atoms. The first-order valence-electron chi connectivity index (χ1n) is 8.95. The maximum atomic E-state index is 12.8. The smallest absolute Gasteiger partial charge is 0.298 e. The number of carbonyl (C=O) groups is 2. The molecule has 2 amide bonds. The Morgan fingerprint density at radius 1 is 1.11 bits per heavy atom. The van der Waals surface area contributed by atoms with Gasteiger partial charge in [0.2, 0.25) is 0 Å². The van der Waals surface area contributed by atoms with E-state index in [4.69, 9.17) is 16.3 Å². The van der Waals surface area contributed by atoms with Gasteiger partial charge in [-0.15, -0.1) is 0 Å². The van der Waals surface area contributed by atoms with E-state index in [1.807, 2.05) is 18.2 Å². The third kappa shape index (κ3) is 4.03. The van der Waals surface area contributed by atoms with Crippen LogP contribution >= 0.6 is 23.4 Å². The van der Waals surface area contributed by atoms with E-state index in [0.717, 1.165) is 41.0 Å². The summed E-state index contributed by atoms with van der Waals surface area (Å²) in [6.07, 6.45) is 1.70. The number of imide groups is 1. The average molecular weight is 417 g/mol. The number of ether oxygens (including phenoxy) is 1. The number of halogens is 1. The number of nitrogens with zero attached hydrogens (tertiary/aromatic N) is 2. The van der Waals surface area contributed by atoms with Gasteiger partial charge in [-0.2, -0.15) is 0 Å². The van der Waals surface area contributed by atoms with Gasteiger partial charge in [-0.3, -0.25) is 9.59 Å². The van der Waals surface area contributed by atoms with Gasteiger partial charge in [-0.25, -0.2) is 4.90 Å². The molecule has 146 valence electrons. The number of thioether (sulfide) groups is 1. The van der Waals surface area contributed by atoms with Gasteiger partial charge in [0.25, 0.3) is 11.1 Å². The van der Waals surface area contributed by atoms with Gasteiger partial charge in [0.1, 0.15) is 5.75 Å². The molecular weight excluding hydrogens is 396 g/mol. The highest BCUT2D eigenvalue weighted by molar-refractivity contribution is 8.19. The Morgan fingerprint density at radius 3 is 2.39 bits per heavy atom. The molecule has 5 nitrogen and oxygen atoms in total. The number of rotatable bonds is 6. The number of methoxy groups -OCH3 is 1. The predicted molar refractivity (Wildman–Crippen MR) is 116 cm³/mol. The molecular formula is C21H21ClN2O3S. The second kappa shape index (κ2) is 8.71. The van der Waals surface area contributed by atoms with Crippen LogP contribution in [0.4, 0.5) is 16.2 Å². The Bertz CT molecular complexity index is 924. The number of anilines is 2. The van der Waals surface area contributed by atoms with Gasteiger partial charge in [-0.05, 0) is 68.1 Å². The number of hydrogen-bond acceptors (Lipinski definition) is 5. The predicted octanol–water partition coefficient (Wildman–Crippen LogP) is 5.44. The molecule has 1 heterocycles. The molecule has 0 N–H and O–H groups in total. The summed E-state index contributed by atoms with van der Waals surface area (Å²) in [6.45, 7) is 5.96. The Hall–Kier alpha value is -2.44. The van der Waals surface area contributed by atoms with Gasteiger partial charge in [0.15, 0.2) is 0 Å². The van der Waals surface area contributed by atoms with Crippen molar-refractivity contribution in [3.8, 4) is 5.75 Å². The van der Waals surface area contributed by atoms with Gasteiger partial charge in [-0.1, -0.05) is 11.6 Å². The van der Waals surface area contributed by atoms with Crippen LogP contribution in [-0.2, 0) is 4.79 Å². The number of hydrogen-bond donors (Lipinski definition) is 0. The van der Waals surface area contributed by atoms with Crippen molar-refractivity contribution in [2.45, 2.75) is 13.8 Å². The van der Waals surface area contributed by atoms with E-state index in [1.165, 1.54) is 0 Å². The quantitative estimate of drug-likeness (QED) is 0.587. The zero-order valence-electron chi connectivity index (χ0n) is 15.9. The standard InChI is InChI=1S/C21H21ClN2O3S/c1-4-23(5-2)17-9-6-14(18(13-17)27-3)12-19-20(25)24(21(26)28-19)16-10-7-15(22)8-11-16/h6-13H,4-5H2,1-3H3/b19-12-. The molecule has 1 fully saturated rings. The van der Waals surface area contributed by atoms with Crippen molar-refractivity contribution in [3.63, 3.8) is 0 Å². The van der Waals surface area contributed by atoms with Crippen LogP contribution in [-0.4, -0.2) is 31.3 Å². The summed E-state index contributed by atoms with van der Waals surface area (Å²) in [5.74, 6) is 0.301. The van der Waals surface area contributed by atoms with Crippen LogP contribution in [0.15, 0.2) is 47.4 Å². The Balaban J connectivity index is 1.92. The first kappa shape index (κ1) is 20.3. The van der Waals surface area contributed by atoms with Crippen molar-refractivity contribution in [1.29, 1.82) is 0 Å². The van der Waals surface area contributed by atoms with E-state index in [9.17, 15) is 9.59 Å². The summed E-state index contributed by atoms with van der Waals surface area (Å²) in [4.78, 5) is 28.9. The van der Waals surface area contributed by atoms with E-state index in [1.54, 1.807) is 37.5 Å². The van der Waals surface area contributed by atoms with E-state index in [-0.39, 0.29) is 11.1 Å². The Morgan fingerprint density at radius 2 is 1.79 bits per heavy atom. The summed E-state index contributed by atoms with van der Waals surface area (Å²) >= 11 is 6.81. The minimum absolute atomic E-state index is 0.336. The minimum atomic E-state index is -0.354. The minimum Gasteiger partial charge on any atom is -0.496 e. The summed E-state index contributed by atoms with van der Waals surface area (Å²) in [5.41, 5.74) is 2.30. The van der Waals surface area contributed by atoms with Gasteiger partial charge < -0.3 is 9.64 Å². The topological polar surface area (TPSA) is 49.9 Å². The monoisotopic (exact) mass is 416 g/mol. The normalized spacial score (nSPS) is 15.4. The summed E-state index contributed by atoms with van der Waals surface area (Å²) in [5, 5.41) is 0.210. The van der Waals surface area contributed by atoms with Crippen LogP contribution in [0, 0.1) is 0 Å². The molecule has 0 radical (unpaired) electrons. The lowest BCUT2D eigenvalue weighted by Crippen LogP contribution is -2.27. The molecule has 0 unspecified atom stereocenters. The fourth-order valence-electron chi connectivity index (χ4n) is 3.03. The molecule has 0 aliphatic carbocycles. The third-order valence-corrected chi connectivity index (χ3v) is 5.63. The van der Waals surface area contributed by atoms with Gasteiger partial charge in [0.05, 0.1) is 17.7 Å². The second-order valence-corrected chi connectivity index (χ2v) is 7.52. The zero-order chi connectivity index (χ0) is 20.3. The highest BCUT2D eigenvalue weighted by atomic mass is 35.5. The van der Waals surface area contributed by atoms with E-state index < -0.39 is 0 Å². The molecule has 3 rings (SSSR count). The molecule has 7 heteroatoms. The van der Waals surface area contributed by atoms with E-state index in [2.05, 4.69) is 18.7 Å². The fourth-order valence-corrected chi connectivity index (χ4v) is 3.98. The van der Waals surface area contributed by atoms with Crippen LogP contribution in [0.5, 0.6) is 5.75 Å². The van der Waals surface area contributed by atoms with Crippen molar-refractivity contribution >= 4 is 52.0 Å². The lowest BCUT2D eigenvalue weighted by Gasteiger charge is -2.22. The van der Waals surface area contributed by atoms with Gasteiger partial charge in [0, 0.05) is 35.4 Å². The van der Waals surface area contributed by atoms with Crippen LogP contribution in [0.25, 0.3) is 6.08 Å². The lowest BCUT2D eigenvalue weighted by atomic mass is 10.1. The Kier molecular flexibility index (Phi) is 6.31. The molecule has 0 atom stereocenters. The highest BCUT2D eigenvalue weighted by Gasteiger charge is 2.36. The van der Waals surface area contributed by atoms with Crippen LogP contribution < -0.4 is 14.5 Å². The molecule has 0 bridgehead atoms. The fraction of sp³-hybridized carbons (Fsp3) is 0.238. The SMILES string of the molecule is CCN(CC)c1ccc(/C=C2\SC(=O)N(c3ccc(Cl)cc3)C2=O)c(OC)c1. The number of benzene rings is 2. The van der Waals surface area contributed by atoms with Gasteiger partial charge >= 0.3 is 0 Å². The molecule has 2 aromatic carbocycles. The van der Waals surface area contributed by atoms with E-state index in [0.29, 0.717) is 21.4 Å². The average Bonchev–Trinajstić information content (AvgIpc) is 2.97. The van der Waals surface area contributed by atoms with Crippen molar-refractivity contribution in [1.82, 2.24) is 0 Å². The van der Waals surface area contributed by atoms with Crippen LogP contribution in [0.1, 0.15) is 19.4 Å². The number of amides is 2. The first-order valence-corrected chi connectivity index (χ1v) is 10.1. The summed E-state index contributed by atoms with van der Waals surface area (Å²) in [7, 11) is 1.60. The molecule has 1 aliphatic heterocycles. The van der Waals surface area contributed by atoms with E-state index >= 15 is 0 Å². The molecule has 1 aliphatic rings. The van der Waals surface area contributed by atoms with Crippen molar-refractivity contribution < 1.29 is 14.3 Å². The molecule has 1 saturated heterocycles. The first-order chi connectivity index (χ1) is 13.5. The van der Waals surface area contributed by atoms with Crippen molar-refractivity contribution in [2.75, 3.05) is 30.0 Å². The third-order valence-electron chi connectivity index (χ3n) is 4.51. The maximum absolute atomic E-state index is 12.8. The number of carbonyl (C=O) groups excluding carboxylic acids is 2. The molecule has 28 heavy (non-hydrogen) atoms. The molecule has 2 aromatic rings. The largest absolute Gasteiger partial charge is 0.496 e. The van der Waals surface area contributed by atoms with Crippen LogP contribution in [0.2, 0.25) is 5.02 Å². The molecule has 0 aromatic heterocycles. The van der Waals surface area contributed by atoms with Crippen LogP contribution in [0.3, 0.4) is 0 Å². The van der Waals surface area contributed by atoms with Crippen molar-refractivity contribution in [2.24, 2.45) is 0 Å². The second-order valence-electron chi connectivity index (χ2n) is 6.09. The Labute approximate surface area is 173 Å². The maximum Gasteiger partial charge on any atom is 0.298 e. The lowest BCUT2D eigenvalue weighted by molar-refractivity contribution is -0.113. The highest BCUT2D eigenvalue weighted by Crippen LogP contribution is 2.37. The summed E-state index contributed by atoms with van der Waals surface area (Å²) < 4.78 is 5.52. The molecule has 0 saturated carbocycles.